The van der Waals surface area contributed by atoms with Crippen LogP contribution in [-0.2, 0) is 20.8 Å². The number of phenols is 1. The number of aromatic carboxylic acids is 1. The lowest BCUT2D eigenvalue weighted by Gasteiger charge is -2.33. The van der Waals surface area contributed by atoms with Crippen LogP contribution in [0.2, 0.25) is 5.82 Å². The molecule has 1 fully saturated rings. The minimum Gasteiger partial charge on any atom is -0.535 e. The second kappa shape index (κ2) is 11.9. The molecule has 216 valence electrons. The van der Waals surface area contributed by atoms with E-state index in [1.165, 1.54) is 36.3 Å². The average Bonchev–Trinajstić information content (AvgIpc) is 2.94. The highest BCUT2D eigenvalue weighted by Gasteiger charge is 2.41. The molecule has 13 nitrogen and oxygen atoms in total. The molecule has 2 aromatic rings. The Kier molecular flexibility index (Phi) is 8.52. The maximum absolute atomic E-state index is 13.7. The number of piperazine rings is 1. The van der Waals surface area contributed by atoms with E-state index in [1.54, 1.807) is 19.9 Å². The summed E-state index contributed by atoms with van der Waals surface area (Å²) >= 11 is 0. The average molecular weight is 567 g/mol. The summed E-state index contributed by atoms with van der Waals surface area (Å²) in [6.07, 6.45) is -0.185. The van der Waals surface area contributed by atoms with E-state index in [4.69, 9.17) is 9.39 Å². The van der Waals surface area contributed by atoms with E-state index in [1.807, 2.05) is 0 Å². The Morgan fingerprint density at radius 2 is 1.93 bits per heavy atom. The number of ether oxygens (including phenoxy) is 1. The number of hydrogen-bond acceptors (Lipinski definition) is 9. The van der Waals surface area contributed by atoms with Gasteiger partial charge >= 0.3 is 30.9 Å². The molecule has 4 N–H and O–H groups in total. The summed E-state index contributed by atoms with van der Waals surface area (Å²) in [7, 11) is -0.190. The zero-order valence-electron chi connectivity index (χ0n) is 22.7. The number of benzene rings is 2. The molecule has 0 aromatic heterocycles. The summed E-state index contributed by atoms with van der Waals surface area (Å²) in [6, 6.07) is 5.05. The number of methoxy groups -OCH3 is 1. The summed E-state index contributed by atoms with van der Waals surface area (Å²) in [4.78, 5) is 65.6. The van der Waals surface area contributed by atoms with Crippen molar-refractivity contribution in [3.8, 4) is 17.2 Å². The van der Waals surface area contributed by atoms with Gasteiger partial charge in [0.2, 0.25) is 0 Å². The Bertz CT molecular complexity index is 1410. The summed E-state index contributed by atoms with van der Waals surface area (Å²) < 4.78 is 10.7. The lowest BCUT2D eigenvalue weighted by molar-refractivity contribution is -0.153. The number of Topliss-reactive ketones (excluding diaryl/α,β-unsaturated/α-hetero) is 1. The number of carbonyl (C=O) groups excluding carboxylic acids is 4. The van der Waals surface area contributed by atoms with Crippen LogP contribution in [0, 0.1) is 6.92 Å². The molecule has 0 bridgehead atoms. The topological polar surface area (TPSA) is 183 Å². The Labute approximate surface area is 235 Å². The number of imide groups is 1. The van der Waals surface area contributed by atoms with Gasteiger partial charge in [0.1, 0.15) is 11.8 Å². The number of hydrogen-bond donors (Lipinski definition) is 4. The molecule has 1 unspecified atom stereocenters. The number of amides is 4. The van der Waals surface area contributed by atoms with E-state index in [-0.39, 0.29) is 54.3 Å². The number of aromatic hydroxyl groups is 1. The van der Waals surface area contributed by atoms with E-state index in [2.05, 4.69) is 5.32 Å². The Morgan fingerprint density at radius 1 is 1.20 bits per heavy atom. The number of likely N-dealkylation sites (N-methyl/N-ethyl adjacent to an activating group) is 1. The molecule has 14 heteroatoms. The van der Waals surface area contributed by atoms with E-state index in [0.717, 1.165) is 4.90 Å². The van der Waals surface area contributed by atoms with Crippen LogP contribution in [0.4, 0.5) is 4.79 Å². The summed E-state index contributed by atoms with van der Waals surface area (Å²) in [5, 5.41) is 33.0. The third-order valence-electron chi connectivity index (χ3n) is 7.28. The predicted molar refractivity (Wildman–Crippen MR) is 144 cm³/mol. The molecule has 1 saturated heterocycles. The van der Waals surface area contributed by atoms with E-state index < -0.39 is 48.6 Å². The first-order chi connectivity index (χ1) is 19.5. The maximum Gasteiger partial charge on any atom is 0.526 e. The van der Waals surface area contributed by atoms with Crippen molar-refractivity contribution in [1.29, 1.82) is 0 Å². The number of aryl methyl sites for hydroxylation is 1. The lowest BCUT2D eigenvalue weighted by Crippen LogP contribution is -2.58. The number of nitrogens with zero attached hydrogens (tertiary/aromatic N) is 2. The molecule has 0 aliphatic carbocycles. The number of urea groups is 1. The van der Waals surface area contributed by atoms with E-state index in [9.17, 15) is 39.2 Å². The molecule has 0 saturated carbocycles. The molecular formula is C27H30BN3O10. The monoisotopic (exact) mass is 567 g/mol. The van der Waals surface area contributed by atoms with Crippen molar-refractivity contribution in [2.45, 2.75) is 38.5 Å². The maximum atomic E-state index is 13.7. The van der Waals surface area contributed by atoms with Gasteiger partial charge in [-0.2, -0.15) is 0 Å². The highest BCUT2D eigenvalue weighted by Crippen LogP contribution is 2.38. The number of carbonyl (C=O) groups is 5. The standard InChI is InChI=1S/C27H30BN3O10/c1-4-30-8-9-31(25(35)24(30)34)27(38)29-21(16-10-14(2)22(33)20(12-16)40-3)19(32)13-17-11-15-6-5-7-18(26(36)37)23(15)41-28(17)39/h5-7,10,12,17,21,33,39H,4,8-9,11,13H2,1-3H3,(H,29,38)(H,36,37)/t17-,21?/m1/s1. The van der Waals surface area contributed by atoms with Crippen molar-refractivity contribution >= 4 is 36.7 Å². The van der Waals surface area contributed by atoms with E-state index >= 15 is 0 Å². The number of carboxylic acid groups (broad SMARTS) is 1. The van der Waals surface area contributed by atoms with Crippen molar-refractivity contribution in [1.82, 2.24) is 15.1 Å². The second-order valence-corrected chi connectivity index (χ2v) is 9.85. The zero-order valence-corrected chi connectivity index (χ0v) is 22.7. The smallest absolute Gasteiger partial charge is 0.526 e. The van der Waals surface area contributed by atoms with Gasteiger partial charge in [-0.1, -0.05) is 12.1 Å². The molecule has 4 amide bonds. The van der Waals surface area contributed by atoms with Crippen molar-refractivity contribution in [3.05, 3.63) is 52.6 Å². The van der Waals surface area contributed by atoms with Gasteiger partial charge < -0.3 is 34.8 Å². The largest absolute Gasteiger partial charge is 0.535 e. The van der Waals surface area contributed by atoms with Gasteiger partial charge in [-0.15, -0.1) is 0 Å². The Balaban J connectivity index is 1.62. The first-order valence-electron chi connectivity index (χ1n) is 13.0. The van der Waals surface area contributed by atoms with E-state index in [0.29, 0.717) is 17.7 Å². The molecule has 41 heavy (non-hydrogen) atoms. The van der Waals surface area contributed by atoms with Gasteiger partial charge in [0.05, 0.1) is 12.7 Å². The number of ketones is 1. The fourth-order valence-electron chi connectivity index (χ4n) is 5.02. The number of rotatable bonds is 8. The third-order valence-corrected chi connectivity index (χ3v) is 7.28. The molecule has 2 heterocycles. The number of carboxylic acids is 1. The summed E-state index contributed by atoms with van der Waals surface area (Å²) in [5.41, 5.74) is 0.964. The quantitative estimate of drug-likeness (QED) is 0.268. The highest BCUT2D eigenvalue weighted by atomic mass is 16.5. The number of para-hydroxylation sites is 1. The molecule has 0 radical (unpaired) electrons. The fourth-order valence-corrected chi connectivity index (χ4v) is 5.02. The van der Waals surface area contributed by atoms with Gasteiger partial charge in [-0.05, 0) is 55.2 Å². The second-order valence-electron chi connectivity index (χ2n) is 9.85. The minimum absolute atomic E-state index is 0.0225. The normalized spacial score (nSPS) is 17.5. The number of fused-ring (bicyclic) bond motifs is 1. The molecule has 2 aromatic carbocycles. The van der Waals surface area contributed by atoms with Gasteiger partial charge in [0.15, 0.2) is 17.3 Å². The van der Waals surface area contributed by atoms with Crippen LogP contribution in [0.1, 0.15) is 46.4 Å². The van der Waals surface area contributed by atoms with Crippen molar-refractivity contribution < 1.29 is 48.6 Å². The van der Waals surface area contributed by atoms with Gasteiger partial charge in [0, 0.05) is 31.9 Å². The Hall–Kier alpha value is -4.59. The summed E-state index contributed by atoms with van der Waals surface area (Å²) in [6.45, 7) is 3.66. The van der Waals surface area contributed by atoms with Crippen LogP contribution in [0.3, 0.4) is 0 Å². The number of phenolic OH excluding ortho intramolecular Hbond substituents is 1. The molecule has 2 aliphatic rings. The van der Waals surface area contributed by atoms with Crippen LogP contribution in [-0.4, -0.2) is 88.5 Å². The minimum atomic E-state index is -1.51. The van der Waals surface area contributed by atoms with Crippen molar-refractivity contribution in [2.24, 2.45) is 0 Å². The van der Waals surface area contributed by atoms with Crippen molar-refractivity contribution in [3.63, 3.8) is 0 Å². The third kappa shape index (κ3) is 5.82. The van der Waals surface area contributed by atoms with Crippen LogP contribution in [0.5, 0.6) is 17.2 Å². The van der Waals surface area contributed by atoms with Crippen LogP contribution in [0.25, 0.3) is 0 Å². The lowest BCUT2D eigenvalue weighted by atomic mass is 9.64. The number of nitrogens with one attached hydrogen (secondary N) is 1. The summed E-state index contributed by atoms with van der Waals surface area (Å²) in [5.74, 6) is -4.54. The SMILES string of the molecule is CCN1CCN(C(=O)NC(C(=O)C[C@H]2Cc3cccc(C(=O)O)c3OB2O)c2cc(C)c(O)c(OC)c2)C(=O)C1=O. The molecule has 4 rings (SSSR count). The molecular weight excluding hydrogens is 537 g/mol. The first-order valence-corrected chi connectivity index (χ1v) is 13.0. The van der Waals surface area contributed by atoms with Gasteiger partial charge in [-0.25, -0.2) is 9.59 Å². The predicted octanol–water partition coefficient (Wildman–Crippen LogP) is 1.29. The molecule has 2 aliphatic heterocycles. The van der Waals surface area contributed by atoms with Crippen LogP contribution in [0.15, 0.2) is 30.3 Å². The fraction of sp³-hybridized carbons (Fsp3) is 0.370. The van der Waals surface area contributed by atoms with Crippen LogP contribution >= 0.6 is 0 Å². The zero-order chi connectivity index (χ0) is 30.0. The van der Waals surface area contributed by atoms with Gasteiger partial charge in [-0.3, -0.25) is 19.3 Å². The molecule has 0 spiro atoms. The molecule has 2 atom stereocenters. The Morgan fingerprint density at radius 3 is 2.59 bits per heavy atom. The van der Waals surface area contributed by atoms with Crippen molar-refractivity contribution in [2.75, 3.05) is 26.7 Å². The highest BCUT2D eigenvalue weighted by molar-refractivity contribution is 6.47. The van der Waals surface area contributed by atoms with Crippen LogP contribution < -0.4 is 14.7 Å². The van der Waals surface area contributed by atoms with Gasteiger partial charge in [0.25, 0.3) is 0 Å². The first kappa shape index (κ1) is 29.4.